The van der Waals surface area contributed by atoms with E-state index in [-0.39, 0.29) is 0 Å². The Morgan fingerprint density at radius 2 is 2.06 bits per heavy atom. The minimum atomic E-state index is 0.841. The fourth-order valence-electron chi connectivity index (χ4n) is 2.03. The number of ether oxygens (including phenoxy) is 2. The van der Waals surface area contributed by atoms with Crippen molar-refractivity contribution in [3.63, 3.8) is 0 Å². The third-order valence-electron chi connectivity index (χ3n) is 2.93. The molecule has 0 atom stereocenters. The third-order valence-corrected chi connectivity index (χ3v) is 2.93. The Hall–Kier alpha value is -1.06. The molecule has 2 rings (SSSR count). The van der Waals surface area contributed by atoms with Gasteiger partial charge in [-0.15, -0.1) is 0 Å². The first-order valence-electron chi connectivity index (χ1n) is 5.73. The Morgan fingerprint density at radius 3 is 2.75 bits per heavy atom. The molecule has 1 saturated heterocycles. The van der Waals surface area contributed by atoms with Crippen LogP contribution in [0.3, 0.4) is 0 Å². The van der Waals surface area contributed by atoms with E-state index in [1.165, 1.54) is 11.1 Å². The molecule has 16 heavy (non-hydrogen) atoms. The normalized spacial score (nSPS) is 17.4. The lowest BCUT2D eigenvalue weighted by Gasteiger charge is -2.27. The SMILES string of the molecule is COc1ccc(C)cc1CN1CCOCC1. The lowest BCUT2D eigenvalue weighted by atomic mass is 10.1. The van der Waals surface area contributed by atoms with Crippen LogP contribution in [0.4, 0.5) is 0 Å². The molecule has 1 aromatic rings. The maximum Gasteiger partial charge on any atom is 0.123 e. The molecule has 3 nitrogen and oxygen atoms in total. The number of benzene rings is 1. The van der Waals surface area contributed by atoms with Crippen LogP contribution < -0.4 is 4.74 Å². The summed E-state index contributed by atoms with van der Waals surface area (Å²) in [6.07, 6.45) is 0. The van der Waals surface area contributed by atoms with Gasteiger partial charge in [-0.1, -0.05) is 17.7 Å². The quantitative estimate of drug-likeness (QED) is 0.777. The molecule has 1 fully saturated rings. The van der Waals surface area contributed by atoms with Crippen molar-refractivity contribution in [3.8, 4) is 5.75 Å². The van der Waals surface area contributed by atoms with Crippen molar-refractivity contribution in [2.45, 2.75) is 13.5 Å². The van der Waals surface area contributed by atoms with Crippen LogP contribution in [0, 0.1) is 6.92 Å². The Labute approximate surface area is 97.0 Å². The molecule has 0 aromatic heterocycles. The summed E-state index contributed by atoms with van der Waals surface area (Å²) >= 11 is 0. The van der Waals surface area contributed by atoms with Crippen LogP contribution in [-0.4, -0.2) is 38.3 Å². The van der Waals surface area contributed by atoms with E-state index < -0.39 is 0 Å². The summed E-state index contributed by atoms with van der Waals surface area (Å²) < 4.78 is 10.7. The molecule has 1 aliphatic heterocycles. The highest BCUT2D eigenvalue weighted by Gasteiger charge is 2.13. The predicted molar refractivity (Wildman–Crippen MR) is 63.8 cm³/mol. The van der Waals surface area contributed by atoms with Crippen molar-refractivity contribution in [1.82, 2.24) is 4.90 Å². The Bertz CT molecular complexity index is 346. The zero-order chi connectivity index (χ0) is 11.4. The van der Waals surface area contributed by atoms with Gasteiger partial charge in [0.25, 0.3) is 0 Å². The molecular weight excluding hydrogens is 202 g/mol. The summed E-state index contributed by atoms with van der Waals surface area (Å²) in [7, 11) is 1.73. The molecule has 0 unspecified atom stereocenters. The molecule has 0 saturated carbocycles. The van der Waals surface area contributed by atoms with Crippen LogP contribution in [0.2, 0.25) is 0 Å². The molecule has 1 aromatic carbocycles. The second-order valence-electron chi connectivity index (χ2n) is 4.20. The molecule has 0 N–H and O–H groups in total. The maximum absolute atomic E-state index is 5.38. The van der Waals surface area contributed by atoms with Crippen molar-refractivity contribution < 1.29 is 9.47 Å². The summed E-state index contributed by atoms with van der Waals surface area (Å²) in [5.41, 5.74) is 2.55. The van der Waals surface area contributed by atoms with Crippen molar-refractivity contribution in [2.75, 3.05) is 33.4 Å². The van der Waals surface area contributed by atoms with Crippen LogP contribution in [0.1, 0.15) is 11.1 Å². The number of morpholine rings is 1. The van der Waals surface area contributed by atoms with E-state index in [9.17, 15) is 0 Å². The molecule has 88 valence electrons. The number of rotatable bonds is 3. The van der Waals surface area contributed by atoms with Gasteiger partial charge in [0, 0.05) is 25.2 Å². The summed E-state index contributed by atoms with van der Waals surface area (Å²) in [5, 5.41) is 0. The Balaban J connectivity index is 2.09. The highest BCUT2D eigenvalue weighted by atomic mass is 16.5. The Morgan fingerprint density at radius 1 is 1.31 bits per heavy atom. The number of aryl methyl sites for hydroxylation is 1. The van der Waals surface area contributed by atoms with E-state index in [1.807, 2.05) is 6.07 Å². The first-order chi connectivity index (χ1) is 7.79. The van der Waals surface area contributed by atoms with Gasteiger partial charge in [-0.05, 0) is 13.0 Å². The van der Waals surface area contributed by atoms with Gasteiger partial charge in [0.2, 0.25) is 0 Å². The molecule has 3 heteroatoms. The Kier molecular flexibility index (Phi) is 3.80. The summed E-state index contributed by atoms with van der Waals surface area (Å²) in [4.78, 5) is 2.40. The lowest BCUT2D eigenvalue weighted by molar-refractivity contribution is 0.0339. The van der Waals surface area contributed by atoms with Crippen LogP contribution in [-0.2, 0) is 11.3 Å². The van der Waals surface area contributed by atoms with Crippen molar-refractivity contribution in [2.24, 2.45) is 0 Å². The molecule has 0 spiro atoms. The second-order valence-corrected chi connectivity index (χ2v) is 4.20. The predicted octanol–water partition coefficient (Wildman–Crippen LogP) is 1.84. The molecule has 0 radical (unpaired) electrons. The fraction of sp³-hybridized carbons (Fsp3) is 0.538. The second kappa shape index (κ2) is 5.32. The van der Waals surface area contributed by atoms with Crippen molar-refractivity contribution >= 4 is 0 Å². The molecule has 0 bridgehead atoms. The van der Waals surface area contributed by atoms with E-state index in [2.05, 4.69) is 24.0 Å². The smallest absolute Gasteiger partial charge is 0.123 e. The largest absolute Gasteiger partial charge is 0.496 e. The van der Waals surface area contributed by atoms with Gasteiger partial charge in [-0.2, -0.15) is 0 Å². The number of nitrogens with zero attached hydrogens (tertiary/aromatic N) is 1. The minimum absolute atomic E-state index is 0.841. The first-order valence-corrected chi connectivity index (χ1v) is 5.73. The standard InChI is InChI=1S/C13H19NO2/c1-11-3-4-13(15-2)12(9-11)10-14-5-7-16-8-6-14/h3-4,9H,5-8,10H2,1-2H3. The van der Waals surface area contributed by atoms with Gasteiger partial charge in [0.1, 0.15) is 5.75 Å². The number of methoxy groups -OCH3 is 1. The van der Waals surface area contributed by atoms with Gasteiger partial charge in [0.15, 0.2) is 0 Å². The average Bonchev–Trinajstić information content (AvgIpc) is 2.31. The minimum Gasteiger partial charge on any atom is -0.496 e. The fourth-order valence-corrected chi connectivity index (χ4v) is 2.03. The molecule has 0 amide bonds. The van der Waals surface area contributed by atoms with Crippen LogP contribution in [0.25, 0.3) is 0 Å². The first kappa shape index (κ1) is 11.4. The highest BCUT2D eigenvalue weighted by Crippen LogP contribution is 2.21. The van der Waals surface area contributed by atoms with Crippen LogP contribution >= 0.6 is 0 Å². The van der Waals surface area contributed by atoms with E-state index in [0.29, 0.717) is 0 Å². The van der Waals surface area contributed by atoms with Gasteiger partial charge >= 0.3 is 0 Å². The van der Waals surface area contributed by atoms with Gasteiger partial charge in [0.05, 0.1) is 20.3 Å². The maximum atomic E-state index is 5.38. The molecular formula is C13H19NO2. The van der Waals surface area contributed by atoms with E-state index >= 15 is 0 Å². The summed E-state index contributed by atoms with van der Waals surface area (Å²) in [6.45, 7) is 6.77. The topological polar surface area (TPSA) is 21.7 Å². The molecule has 0 aliphatic carbocycles. The van der Waals surface area contributed by atoms with Gasteiger partial charge in [-0.3, -0.25) is 4.90 Å². The monoisotopic (exact) mass is 221 g/mol. The van der Waals surface area contributed by atoms with Crippen molar-refractivity contribution in [1.29, 1.82) is 0 Å². The van der Waals surface area contributed by atoms with Crippen molar-refractivity contribution in [3.05, 3.63) is 29.3 Å². The average molecular weight is 221 g/mol. The number of hydrogen-bond acceptors (Lipinski definition) is 3. The van der Waals surface area contributed by atoms with Crippen LogP contribution in [0.5, 0.6) is 5.75 Å². The van der Waals surface area contributed by atoms with Gasteiger partial charge < -0.3 is 9.47 Å². The lowest BCUT2D eigenvalue weighted by Crippen LogP contribution is -2.35. The van der Waals surface area contributed by atoms with E-state index in [1.54, 1.807) is 7.11 Å². The van der Waals surface area contributed by atoms with E-state index in [0.717, 1.165) is 38.6 Å². The molecule has 1 aliphatic rings. The van der Waals surface area contributed by atoms with E-state index in [4.69, 9.17) is 9.47 Å². The zero-order valence-corrected chi connectivity index (χ0v) is 10.0. The van der Waals surface area contributed by atoms with Gasteiger partial charge in [-0.25, -0.2) is 0 Å². The third kappa shape index (κ3) is 2.74. The van der Waals surface area contributed by atoms with Crippen LogP contribution in [0.15, 0.2) is 18.2 Å². The highest BCUT2D eigenvalue weighted by molar-refractivity contribution is 5.36. The number of hydrogen-bond donors (Lipinski definition) is 0. The summed E-state index contributed by atoms with van der Waals surface area (Å²) in [6, 6.07) is 6.33. The molecule has 1 heterocycles. The zero-order valence-electron chi connectivity index (χ0n) is 10.0. The summed E-state index contributed by atoms with van der Waals surface area (Å²) in [5.74, 6) is 0.983.